The number of carbonyl (C=O) groups is 2. The van der Waals surface area contributed by atoms with Gasteiger partial charge in [-0.05, 0) is 37.8 Å². The molecule has 1 amide bonds. The Morgan fingerprint density at radius 1 is 1.29 bits per heavy atom. The van der Waals surface area contributed by atoms with Gasteiger partial charge in [-0.25, -0.2) is 4.79 Å². The Labute approximate surface area is 122 Å². The lowest BCUT2D eigenvalue weighted by molar-refractivity contribution is -0.149. The van der Waals surface area contributed by atoms with Gasteiger partial charge in [0.05, 0.1) is 0 Å². The maximum absolute atomic E-state index is 12.3. The molecule has 0 unspecified atom stereocenters. The highest BCUT2D eigenvalue weighted by atomic mass is 16.6. The molecule has 3 rings (SSSR count). The Morgan fingerprint density at radius 3 is 2.57 bits per heavy atom. The van der Waals surface area contributed by atoms with Crippen molar-refractivity contribution in [2.75, 3.05) is 6.61 Å². The predicted molar refractivity (Wildman–Crippen MR) is 73.3 cm³/mol. The molecule has 1 heterocycles. The van der Waals surface area contributed by atoms with E-state index in [1.807, 2.05) is 6.07 Å². The van der Waals surface area contributed by atoms with E-state index in [1.54, 1.807) is 25.1 Å². The van der Waals surface area contributed by atoms with Crippen molar-refractivity contribution in [3.05, 3.63) is 24.3 Å². The van der Waals surface area contributed by atoms with E-state index in [0.29, 0.717) is 11.5 Å². The first kappa shape index (κ1) is 13.7. The molecule has 1 aliphatic carbocycles. The minimum absolute atomic E-state index is 0.0178. The van der Waals surface area contributed by atoms with E-state index in [9.17, 15) is 14.7 Å². The molecule has 1 aromatic rings. The highest BCUT2D eigenvalue weighted by molar-refractivity contribution is 5.89. The van der Waals surface area contributed by atoms with Gasteiger partial charge in [0.15, 0.2) is 11.5 Å². The molecule has 2 aliphatic rings. The number of hydrogen-bond acceptors (Lipinski definition) is 4. The monoisotopic (exact) mass is 291 g/mol. The van der Waals surface area contributed by atoms with Gasteiger partial charge >= 0.3 is 5.97 Å². The number of fused-ring (bicyclic) bond motifs is 1. The van der Waals surface area contributed by atoms with Crippen molar-refractivity contribution in [1.82, 2.24) is 5.32 Å². The summed E-state index contributed by atoms with van der Waals surface area (Å²) in [7, 11) is 0. The molecule has 0 aromatic heterocycles. The van der Waals surface area contributed by atoms with E-state index in [2.05, 4.69) is 5.32 Å². The number of rotatable bonds is 4. The number of para-hydroxylation sites is 2. The molecule has 6 nitrogen and oxygen atoms in total. The molecular weight excluding hydrogens is 274 g/mol. The number of amides is 1. The Bertz CT molecular complexity index is 583. The lowest BCUT2D eigenvalue weighted by atomic mass is 9.95. The van der Waals surface area contributed by atoms with Crippen LogP contribution in [-0.2, 0) is 9.59 Å². The zero-order chi connectivity index (χ0) is 15.0. The summed E-state index contributed by atoms with van der Waals surface area (Å²) in [6.07, 6.45) is 0.791. The van der Waals surface area contributed by atoms with Gasteiger partial charge in [-0.15, -0.1) is 0 Å². The molecule has 0 bridgehead atoms. The fraction of sp³-hybridized carbons (Fsp3) is 0.467. The summed E-state index contributed by atoms with van der Waals surface area (Å²) in [5.41, 5.74) is -1.24. The number of benzene rings is 1. The minimum atomic E-state index is -1.24. The molecule has 1 fully saturated rings. The van der Waals surface area contributed by atoms with Crippen LogP contribution >= 0.6 is 0 Å². The second kappa shape index (κ2) is 4.95. The summed E-state index contributed by atoms with van der Waals surface area (Å²) < 4.78 is 11.1. The molecule has 21 heavy (non-hydrogen) atoms. The number of ether oxygens (including phenoxy) is 2. The summed E-state index contributed by atoms with van der Waals surface area (Å²) in [5, 5.41) is 12.0. The van der Waals surface area contributed by atoms with Gasteiger partial charge < -0.3 is 19.9 Å². The van der Waals surface area contributed by atoms with Crippen molar-refractivity contribution in [2.45, 2.75) is 31.4 Å². The van der Waals surface area contributed by atoms with Gasteiger partial charge in [0.1, 0.15) is 12.1 Å². The minimum Gasteiger partial charge on any atom is -0.485 e. The van der Waals surface area contributed by atoms with Crippen LogP contribution in [0.15, 0.2) is 24.3 Å². The first-order chi connectivity index (χ1) is 10.0. The largest absolute Gasteiger partial charge is 0.485 e. The first-order valence-corrected chi connectivity index (χ1v) is 6.94. The number of carboxylic acid groups (broad SMARTS) is 1. The molecule has 2 N–H and O–H groups in total. The zero-order valence-electron chi connectivity index (χ0n) is 11.7. The third-order valence-electron chi connectivity index (χ3n) is 4.02. The van der Waals surface area contributed by atoms with Crippen molar-refractivity contribution < 1.29 is 24.2 Å². The summed E-state index contributed by atoms with van der Waals surface area (Å²) >= 11 is 0. The standard InChI is InChI=1S/C15H17NO5/c1-15(14(18)19,9-6-7-9)16-13(17)12-8-20-10-4-2-3-5-11(10)21-12/h2-5,9,12H,6-8H2,1H3,(H,16,17)(H,18,19)/t12-,15-/m0/s1. The molecule has 0 radical (unpaired) electrons. The third-order valence-corrected chi connectivity index (χ3v) is 4.02. The van der Waals surface area contributed by atoms with Crippen molar-refractivity contribution in [3.8, 4) is 11.5 Å². The van der Waals surface area contributed by atoms with Gasteiger partial charge in [0, 0.05) is 0 Å². The zero-order valence-corrected chi connectivity index (χ0v) is 11.7. The SMILES string of the molecule is C[C@@](NC(=O)[C@@H]1COc2ccccc2O1)(C(=O)O)C1CC1. The van der Waals surface area contributed by atoms with Gasteiger partial charge in [0.25, 0.3) is 5.91 Å². The Morgan fingerprint density at radius 2 is 1.95 bits per heavy atom. The van der Waals surface area contributed by atoms with Crippen LogP contribution in [0, 0.1) is 5.92 Å². The maximum atomic E-state index is 12.3. The Hall–Kier alpha value is -2.24. The average Bonchev–Trinajstić information content (AvgIpc) is 3.31. The fourth-order valence-electron chi connectivity index (χ4n) is 2.48. The summed E-state index contributed by atoms with van der Waals surface area (Å²) in [6, 6.07) is 7.08. The lowest BCUT2D eigenvalue weighted by Gasteiger charge is -2.30. The van der Waals surface area contributed by atoms with Crippen LogP contribution in [-0.4, -0.2) is 35.2 Å². The maximum Gasteiger partial charge on any atom is 0.329 e. The molecule has 1 aliphatic heterocycles. The number of carbonyl (C=O) groups excluding carboxylic acids is 1. The van der Waals surface area contributed by atoms with E-state index < -0.39 is 23.5 Å². The average molecular weight is 291 g/mol. The molecule has 1 aromatic carbocycles. The fourth-order valence-corrected chi connectivity index (χ4v) is 2.48. The van der Waals surface area contributed by atoms with Crippen LogP contribution in [0.3, 0.4) is 0 Å². The number of aliphatic carboxylic acids is 1. The predicted octanol–water partition coefficient (Wildman–Crippen LogP) is 1.20. The van der Waals surface area contributed by atoms with Crippen LogP contribution in [0.4, 0.5) is 0 Å². The van der Waals surface area contributed by atoms with Crippen LogP contribution in [0.1, 0.15) is 19.8 Å². The van der Waals surface area contributed by atoms with E-state index in [-0.39, 0.29) is 12.5 Å². The van der Waals surface area contributed by atoms with Gasteiger partial charge in [0.2, 0.25) is 6.10 Å². The number of hydrogen-bond donors (Lipinski definition) is 2. The molecule has 2 atom stereocenters. The summed E-state index contributed by atoms with van der Waals surface area (Å²) in [6.45, 7) is 1.62. The normalized spacial score (nSPS) is 23.0. The van der Waals surface area contributed by atoms with Crippen molar-refractivity contribution in [1.29, 1.82) is 0 Å². The molecule has 1 saturated carbocycles. The molecular formula is C15H17NO5. The van der Waals surface area contributed by atoms with Crippen LogP contribution < -0.4 is 14.8 Å². The van der Waals surface area contributed by atoms with Crippen molar-refractivity contribution in [2.24, 2.45) is 5.92 Å². The molecule has 0 spiro atoms. The number of nitrogens with one attached hydrogen (secondary N) is 1. The van der Waals surface area contributed by atoms with Crippen LogP contribution in [0.2, 0.25) is 0 Å². The Balaban J connectivity index is 1.71. The van der Waals surface area contributed by atoms with E-state index >= 15 is 0 Å². The summed E-state index contributed by atoms with van der Waals surface area (Å²) in [5.74, 6) is -0.412. The highest BCUT2D eigenvalue weighted by Crippen LogP contribution is 2.40. The topological polar surface area (TPSA) is 84.9 Å². The van der Waals surface area contributed by atoms with E-state index in [0.717, 1.165) is 12.8 Å². The molecule has 6 heteroatoms. The second-order valence-corrected chi connectivity index (χ2v) is 5.64. The molecule has 0 saturated heterocycles. The van der Waals surface area contributed by atoms with Crippen LogP contribution in [0.5, 0.6) is 11.5 Å². The van der Waals surface area contributed by atoms with Gasteiger partial charge in [-0.1, -0.05) is 12.1 Å². The van der Waals surface area contributed by atoms with E-state index in [4.69, 9.17) is 9.47 Å². The molecule has 112 valence electrons. The van der Waals surface area contributed by atoms with Crippen molar-refractivity contribution in [3.63, 3.8) is 0 Å². The third kappa shape index (κ3) is 2.53. The summed E-state index contributed by atoms with van der Waals surface area (Å²) in [4.78, 5) is 23.7. The second-order valence-electron chi connectivity index (χ2n) is 5.64. The van der Waals surface area contributed by atoms with Crippen LogP contribution in [0.25, 0.3) is 0 Å². The van der Waals surface area contributed by atoms with Gasteiger partial charge in [-0.2, -0.15) is 0 Å². The smallest absolute Gasteiger partial charge is 0.329 e. The van der Waals surface area contributed by atoms with Gasteiger partial charge in [-0.3, -0.25) is 4.79 Å². The quantitative estimate of drug-likeness (QED) is 0.870. The first-order valence-electron chi connectivity index (χ1n) is 6.94. The van der Waals surface area contributed by atoms with Crippen molar-refractivity contribution >= 4 is 11.9 Å². The lowest BCUT2D eigenvalue weighted by Crippen LogP contribution is -2.58. The Kier molecular flexibility index (Phi) is 3.23. The highest BCUT2D eigenvalue weighted by Gasteiger charge is 2.49. The number of carboxylic acids is 1. The van der Waals surface area contributed by atoms with E-state index in [1.165, 1.54) is 0 Å².